The third-order valence-corrected chi connectivity index (χ3v) is 4.78. The summed E-state index contributed by atoms with van der Waals surface area (Å²) >= 11 is 12.0. The molecular formula is C16H20Cl2O. The van der Waals surface area contributed by atoms with Gasteiger partial charge in [-0.1, -0.05) is 55.5 Å². The van der Waals surface area contributed by atoms with E-state index in [1.807, 2.05) is 6.07 Å². The Balaban J connectivity index is 2.00. The third kappa shape index (κ3) is 3.97. The summed E-state index contributed by atoms with van der Waals surface area (Å²) in [6.07, 6.45) is 6.19. The van der Waals surface area contributed by atoms with Crippen molar-refractivity contribution in [3.8, 4) is 0 Å². The molecule has 2 atom stereocenters. The first-order valence-corrected chi connectivity index (χ1v) is 7.82. The molecule has 2 unspecified atom stereocenters. The Morgan fingerprint density at radius 2 is 2.11 bits per heavy atom. The molecule has 1 aromatic carbocycles. The van der Waals surface area contributed by atoms with Crippen LogP contribution in [0.5, 0.6) is 0 Å². The number of hydrogen-bond acceptors (Lipinski definition) is 1. The minimum Gasteiger partial charge on any atom is -0.299 e. The van der Waals surface area contributed by atoms with Crippen LogP contribution >= 0.6 is 23.2 Å². The Kier molecular flexibility index (Phi) is 5.29. The van der Waals surface area contributed by atoms with Crippen molar-refractivity contribution in [3.63, 3.8) is 0 Å². The number of carbonyl (C=O) groups is 1. The van der Waals surface area contributed by atoms with Crippen LogP contribution in [0.4, 0.5) is 0 Å². The van der Waals surface area contributed by atoms with Gasteiger partial charge in [0, 0.05) is 22.4 Å². The molecule has 0 saturated heterocycles. The summed E-state index contributed by atoms with van der Waals surface area (Å²) < 4.78 is 0. The van der Waals surface area contributed by atoms with Crippen molar-refractivity contribution in [2.24, 2.45) is 11.8 Å². The van der Waals surface area contributed by atoms with E-state index in [0.29, 0.717) is 22.2 Å². The monoisotopic (exact) mass is 298 g/mol. The van der Waals surface area contributed by atoms with Gasteiger partial charge in [0.25, 0.3) is 0 Å². The zero-order valence-electron chi connectivity index (χ0n) is 11.3. The van der Waals surface area contributed by atoms with Crippen LogP contribution in [0.3, 0.4) is 0 Å². The molecule has 1 aliphatic rings. The molecule has 2 rings (SSSR count). The summed E-state index contributed by atoms with van der Waals surface area (Å²) in [4.78, 5) is 12.4. The maximum absolute atomic E-state index is 12.4. The van der Waals surface area contributed by atoms with E-state index in [2.05, 4.69) is 6.92 Å². The topological polar surface area (TPSA) is 17.1 Å². The molecule has 0 heterocycles. The standard InChI is InChI=1S/C16H20Cl2O/c1-2-11-4-3-5-13(8-11)16(19)9-12-6-7-14(17)10-15(12)18/h6-7,10-11,13H,2-5,8-9H2,1H3. The molecule has 0 aliphatic heterocycles. The molecule has 0 radical (unpaired) electrons. The average Bonchev–Trinajstić information content (AvgIpc) is 2.42. The normalized spacial score (nSPS) is 23.3. The fourth-order valence-corrected chi connectivity index (χ4v) is 3.43. The van der Waals surface area contributed by atoms with Crippen molar-refractivity contribution in [3.05, 3.63) is 33.8 Å². The van der Waals surface area contributed by atoms with E-state index in [9.17, 15) is 4.79 Å². The van der Waals surface area contributed by atoms with Crippen molar-refractivity contribution in [1.29, 1.82) is 0 Å². The third-order valence-electron chi connectivity index (χ3n) is 4.20. The Hall–Kier alpha value is -0.530. The van der Waals surface area contributed by atoms with E-state index >= 15 is 0 Å². The molecule has 0 amide bonds. The Labute approximate surface area is 125 Å². The summed E-state index contributed by atoms with van der Waals surface area (Å²) in [5.41, 5.74) is 0.898. The van der Waals surface area contributed by atoms with Crippen LogP contribution < -0.4 is 0 Å². The number of Topliss-reactive ketones (excluding diaryl/α,β-unsaturated/α-hetero) is 1. The van der Waals surface area contributed by atoms with Gasteiger partial charge < -0.3 is 0 Å². The first-order valence-electron chi connectivity index (χ1n) is 7.06. The van der Waals surface area contributed by atoms with E-state index in [1.54, 1.807) is 12.1 Å². The molecule has 0 spiro atoms. The summed E-state index contributed by atoms with van der Waals surface area (Å²) in [7, 11) is 0. The van der Waals surface area contributed by atoms with Crippen molar-refractivity contribution in [2.45, 2.75) is 45.4 Å². The largest absolute Gasteiger partial charge is 0.299 e. The molecule has 1 nitrogen and oxygen atoms in total. The summed E-state index contributed by atoms with van der Waals surface area (Å²) in [6, 6.07) is 5.37. The summed E-state index contributed by atoms with van der Waals surface area (Å²) in [5.74, 6) is 1.29. The van der Waals surface area contributed by atoms with Gasteiger partial charge in [0.2, 0.25) is 0 Å². The lowest BCUT2D eigenvalue weighted by atomic mass is 9.77. The fraction of sp³-hybridized carbons (Fsp3) is 0.562. The lowest BCUT2D eigenvalue weighted by molar-refractivity contribution is -0.123. The first kappa shape index (κ1) is 14.9. The number of rotatable bonds is 4. The zero-order chi connectivity index (χ0) is 13.8. The predicted octanol–water partition coefficient (Wildman–Crippen LogP) is 5.32. The van der Waals surface area contributed by atoms with Crippen LogP contribution in [0.2, 0.25) is 10.0 Å². The van der Waals surface area contributed by atoms with Crippen LogP contribution in [0, 0.1) is 11.8 Å². The highest BCUT2D eigenvalue weighted by Crippen LogP contribution is 2.32. The van der Waals surface area contributed by atoms with Gasteiger partial charge in [-0.05, 0) is 36.5 Å². The van der Waals surface area contributed by atoms with Crippen molar-refractivity contribution in [1.82, 2.24) is 0 Å². The number of carbonyl (C=O) groups excluding carboxylic acids is 1. The Morgan fingerprint density at radius 3 is 2.79 bits per heavy atom. The molecule has 1 fully saturated rings. The summed E-state index contributed by atoms with van der Waals surface area (Å²) in [6.45, 7) is 2.22. The van der Waals surface area contributed by atoms with Crippen LogP contribution in [0.25, 0.3) is 0 Å². The SMILES string of the molecule is CCC1CCCC(C(=O)Cc2ccc(Cl)cc2Cl)C1. The van der Waals surface area contributed by atoms with E-state index in [-0.39, 0.29) is 5.92 Å². The van der Waals surface area contributed by atoms with Crippen molar-refractivity contribution < 1.29 is 4.79 Å². The maximum atomic E-state index is 12.4. The predicted molar refractivity (Wildman–Crippen MR) is 80.9 cm³/mol. The van der Waals surface area contributed by atoms with Gasteiger partial charge in [-0.25, -0.2) is 0 Å². The Morgan fingerprint density at radius 1 is 1.32 bits per heavy atom. The van der Waals surface area contributed by atoms with Gasteiger partial charge in [-0.2, -0.15) is 0 Å². The molecule has 1 aliphatic carbocycles. The molecule has 3 heteroatoms. The second kappa shape index (κ2) is 6.76. The smallest absolute Gasteiger partial charge is 0.140 e. The van der Waals surface area contributed by atoms with E-state index < -0.39 is 0 Å². The average molecular weight is 299 g/mol. The quantitative estimate of drug-likeness (QED) is 0.735. The van der Waals surface area contributed by atoms with Crippen molar-refractivity contribution in [2.75, 3.05) is 0 Å². The minimum absolute atomic E-state index is 0.227. The number of hydrogen-bond donors (Lipinski definition) is 0. The molecule has 1 saturated carbocycles. The van der Waals surface area contributed by atoms with Crippen LogP contribution in [0.1, 0.15) is 44.6 Å². The number of benzene rings is 1. The van der Waals surface area contributed by atoms with Gasteiger partial charge in [-0.3, -0.25) is 4.79 Å². The second-order valence-electron chi connectivity index (χ2n) is 5.52. The minimum atomic E-state index is 0.227. The van der Waals surface area contributed by atoms with Gasteiger partial charge in [-0.15, -0.1) is 0 Å². The lowest BCUT2D eigenvalue weighted by Gasteiger charge is -2.27. The van der Waals surface area contributed by atoms with E-state index in [1.165, 1.54) is 19.3 Å². The molecule has 104 valence electrons. The molecule has 0 bridgehead atoms. The number of halogens is 2. The van der Waals surface area contributed by atoms with Gasteiger partial charge in [0.05, 0.1) is 0 Å². The van der Waals surface area contributed by atoms with Crippen LogP contribution in [0.15, 0.2) is 18.2 Å². The first-order chi connectivity index (χ1) is 9.10. The van der Waals surface area contributed by atoms with Crippen molar-refractivity contribution >= 4 is 29.0 Å². The number of ketones is 1. The van der Waals surface area contributed by atoms with E-state index in [4.69, 9.17) is 23.2 Å². The maximum Gasteiger partial charge on any atom is 0.140 e. The fourth-order valence-electron chi connectivity index (χ4n) is 2.95. The molecule has 0 N–H and O–H groups in total. The highest BCUT2D eigenvalue weighted by atomic mass is 35.5. The van der Waals surface area contributed by atoms with Gasteiger partial charge >= 0.3 is 0 Å². The van der Waals surface area contributed by atoms with E-state index in [0.717, 1.165) is 24.3 Å². The molecule has 19 heavy (non-hydrogen) atoms. The summed E-state index contributed by atoms with van der Waals surface area (Å²) in [5, 5.41) is 1.22. The van der Waals surface area contributed by atoms with Gasteiger partial charge in [0.15, 0.2) is 0 Å². The molecule has 0 aromatic heterocycles. The molecular weight excluding hydrogens is 279 g/mol. The van der Waals surface area contributed by atoms with Crippen LogP contribution in [-0.2, 0) is 11.2 Å². The Bertz CT molecular complexity index is 456. The highest BCUT2D eigenvalue weighted by molar-refractivity contribution is 6.35. The van der Waals surface area contributed by atoms with Gasteiger partial charge in [0.1, 0.15) is 5.78 Å². The zero-order valence-corrected chi connectivity index (χ0v) is 12.8. The second-order valence-corrected chi connectivity index (χ2v) is 6.36. The van der Waals surface area contributed by atoms with Crippen LogP contribution in [-0.4, -0.2) is 5.78 Å². The lowest BCUT2D eigenvalue weighted by Crippen LogP contribution is -2.24. The molecule has 1 aromatic rings. The highest BCUT2D eigenvalue weighted by Gasteiger charge is 2.26.